The van der Waals surface area contributed by atoms with Crippen molar-refractivity contribution in [2.24, 2.45) is 0 Å². The van der Waals surface area contributed by atoms with Crippen LogP contribution in [0.2, 0.25) is 0 Å². The van der Waals surface area contributed by atoms with E-state index in [1.807, 2.05) is 0 Å². The zero-order chi connectivity index (χ0) is 32.9. The zero-order valence-corrected chi connectivity index (χ0v) is 24.4. The number of hydrogen-bond donors (Lipinski definition) is 2. The molecular weight excluding hydrogens is 607 g/mol. The maximum Gasteiger partial charge on any atom is 0.433 e. The Kier molecular flexibility index (Phi) is 10.1. The van der Waals surface area contributed by atoms with Gasteiger partial charge in [0.05, 0.1) is 11.4 Å². The summed E-state index contributed by atoms with van der Waals surface area (Å²) in [4.78, 5) is 50.4. The zero-order valence-electron chi connectivity index (χ0n) is 24.4. The van der Waals surface area contributed by atoms with Crippen molar-refractivity contribution in [2.75, 3.05) is 30.3 Å². The van der Waals surface area contributed by atoms with Crippen molar-refractivity contribution < 1.29 is 45.8 Å². The number of piperidine rings is 1. The van der Waals surface area contributed by atoms with Crippen molar-refractivity contribution in [3.8, 4) is 5.88 Å². The number of likely N-dealkylation sites (tertiary alicyclic amines) is 1. The number of hydrogen-bond acceptors (Lipinski definition) is 8. The van der Waals surface area contributed by atoms with Crippen LogP contribution in [0.5, 0.6) is 5.88 Å². The molecule has 2 aromatic heterocycles. The summed E-state index contributed by atoms with van der Waals surface area (Å²) in [5.74, 6) is -3.79. The van der Waals surface area contributed by atoms with E-state index in [4.69, 9.17) is 9.47 Å². The van der Waals surface area contributed by atoms with E-state index in [0.717, 1.165) is 31.2 Å². The summed E-state index contributed by atoms with van der Waals surface area (Å²) in [6, 6.07) is 5.62. The lowest BCUT2D eigenvalue weighted by atomic mass is 9.88. The first-order valence-electron chi connectivity index (χ1n) is 13.7. The smallest absolute Gasteiger partial charge is 0.433 e. The van der Waals surface area contributed by atoms with Gasteiger partial charge >= 0.3 is 18.2 Å². The number of pyridine rings is 1. The van der Waals surface area contributed by atoms with Crippen molar-refractivity contribution in [1.82, 2.24) is 19.9 Å². The Morgan fingerprint density at radius 3 is 2.22 bits per heavy atom. The van der Waals surface area contributed by atoms with E-state index in [9.17, 15) is 36.3 Å². The van der Waals surface area contributed by atoms with Crippen LogP contribution < -0.4 is 15.4 Å². The topological polar surface area (TPSA) is 136 Å². The van der Waals surface area contributed by atoms with Gasteiger partial charge in [0.15, 0.2) is 6.10 Å². The van der Waals surface area contributed by atoms with Gasteiger partial charge in [0.25, 0.3) is 0 Å². The van der Waals surface area contributed by atoms with Crippen molar-refractivity contribution >= 4 is 29.5 Å². The van der Waals surface area contributed by atoms with Crippen molar-refractivity contribution in [3.63, 3.8) is 0 Å². The fourth-order valence-corrected chi connectivity index (χ4v) is 4.88. The lowest BCUT2D eigenvalue weighted by Gasteiger charge is -2.33. The second-order valence-electron chi connectivity index (χ2n) is 10.2. The number of alkyl halides is 3. The van der Waals surface area contributed by atoms with E-state index in [1.54, 1.807) is 6.92 Å². The second kappa shape index (κ2) is 13.8. The Bertz CT molecular complexity index is 1560. The molecule has 45 heavy (non-hydrogen) atoms. The summed E-state index contributed by atoms with van der Waals surface area (Å²) in [7, 11) is 0. The Hall–Kier alpha value is -4.89. The van der Waals surface area contributed by atoms with Gasteiger partial charge in [-0.2, -0.15) is 13.2 Å². The number of nitrogens with one attached hydrogen (secondary N) is 2. The third-order valence-electron chi connectivity index (χ3n) is 6.84. The largest absolute Gasteiger partial charge is 0.473 e. The Balaban J connectivity index is 1.60. The minimum absolute atomic E-state index is 0.0315. The SMILES string of the molecule is CC(=O)Nc1nc(C)c(C(COc2cccc(C(F)(F)F)n2)OC(C)=O)c(C2CCN(C(=O)Nc3c(F)cccc3F)CC2)n1. The molecule has 1 atom stereocenters. The van der Waals surface area contributed by atoms with E-state index in [-0.39, 0.29) is 30.8 Å². The summed E-state index contributed by atoms with van der Waals surface area (Å²) >= 11 is 0. The number of carbonyl (C=O) groups is 3. The highest BCUT2D eigenvalue weighted by Gasteiger charge is 2.34. The van der Waals surface area contributed by atoms with Gasteiger partial charge < -0.3 is 19.7 Å². The van der Waals surface area contributed by atoms with Crippen LogP contribution in [0.4, 0.5) is 38.4 Å². The highest BCUT2D eigenvalue weighted by atomic mass is 19.4. The summed E-state index contributed by atoms with van der Waals surface area (Å²) in [5.41, 5.74) is -0.776. The summed E-state index contributed by atoms with van der Waals surface area (Å²) in [6.07, 6.45) is -5.29. The number of anilines is 2. The summed E-state index contributed by atoms with van der Waals surface area (Å²) in [6.45, 7) is 3.84. The fraction of sp³-hybridized carbons (Fsp3) is 0.379. The molecule has 16 heteroatoms. The highest BCUT2D eigenvalue weighted by Crippen LogP contribution is 2.36. The maximum absolute atomic E-state index is 14.1. The predicted molar refractivity (Wildman–Crippen MR) is 149 cm³/mol. The number of aryl methyl sites for hydroxylation is 1. The van der Waals surface area contributed by atoms with Gasteiger partial charge in [-0.15, -0.1) is 0 Å². The average molecular weight is 637 g/mol. The minimum atomic E-state index is -4.71. The predicted octanol–water partition coefficient (Wildman–Crippen LogP) is 5.53. The van der Waals surface area contributed by atoms with Crippen LogP contribution in [0, 0.1) is 18.6 Å². The number of nitrogens with zero attached hydrogens (tertiary/aromatic N) is 4. The van der Waals surface area contributed by atoms with Crippen molar-refractivity contribution in [3.05, 3.63) is 70.7 Å². The molecule has 1 unspecified atom stereocenters. The van der Waals surface area contributed by atoms with Gasteiger partial charge in [-0.3, -0.25) is 14.9 Å². The Labute approximate surface area is 254 Å². The number of esters is 1. The summed E-state index contributed by atoms with van der Waals surface area (Å²) < 4.78 is 78.7. The molecule has 2 N–H and O–H groups in total. The maximum atomic E-state index is 14.1. The summed E-state index contributed by atoms with van der Waals surface area (Å²) in [5, 5.41) is 4.77. The third-order valence-corrected chi connectivity index (χ3v) is 6.84. The molecule has 0 bridgehead atoms. The number of para-hydroxylation sites is 1. The molecule has 11 nitrogen and oxygen atoms in total. The van der Waals surface area contributed by atoms with Gasteiger partial charge in [0, 0.05) is 44.5 Å². The molecule has 240 valence electrons. The highest BCUT2D eigenvalue weighted by molar-refractivity contribution is 5.89. The molecule has 3 heterocycles. The number of benzene rings is 1. The van der Waals surface area contributed by atoms with E-state index < -0.39 is 59.8 Å². The normalized spacial score (nSPS) is 14.4. The monoisotopic (exact) mass is 636 g/mol. The third kappa shape index (κ3) is 8.39. The molecule has 1 saturated heterocycles. The molecule has 1 aromatic carbocycles. The molecule has 1 aliphatic heterocycles. The lowest BCUT2D eigenvalue weighted by Crippen LogP contribution is -2.41. The van der Waals surface area contributed by atoms with Crippen molar-refractivity contribution in [1.29, 1.82) is 0 Å². The van der Waals surface area contributed by atoms with Crippen LogP contribution in [0.25, 0.3) is 0 Å². The lowest BCUT2D eigenvalue weighted by molar-refractivity contribution is -0.148. The quantitative estimate of drug-likeness (QED) is 0.244. The molecule has 0 saturated carbocycles. The van der Waals surface area contributed by atoms with Crippen LogP contribution in [0.15, 0.2) is 36.4 Å². The molecule has 1 fully saturated rings. The van der Waals surface area contributed by atoms with E-state index in [0.29, 0.717) is 29.8 Å². The fourth-order valence-electron chi connectivity index (χ4n) is 4.88. The number of amides is 3. The number of aromatic nitrogens is 3. The van der Waals surface area contributed by atoms with Crippen LogP contribution in [-0.2, 0) is 20.5 Å². The molecule has 0 radical (unpaired) electrons. The molecule has 3 aromatic rings. The standard InChI is InChI=1S/C29H29F5N6O5/c1-15-24(21(45-17(3)42)14-44-23-9-5-8-22(37-23)29(32,33)34)25(38-27(35-15)36-16(2)41)18-10-12-40(13-11-18)28(43)39-26-19(30)6-4-7-20(26)31/h4-9,18,21H,10-14H2,1-3H3,(H,39,43)(H,35,36,38,41). The van der Waals surface area contributed by atoms with E-state index in [1.165, 1.54) is 24.0 Å². The van der Waals surface area contributed by atoms with E-state index in [2.05, 4.69) is 25.6 Å². The first-order chi connectivity index (χ1) is 21.2. The van der Waals surface area contributed by atoms with Crippen LogP contribution >= 0.6 is 0 Å². The van der Waals surface area contributed by atoms with Gasteiger partial charge in [0.2, 0.25) is 17.7 Å². The van der Waals surface area contributed by atoms with Gasteiger partial charge in [-0.1, -0.05) is 12.1 Å². The number of carbonyl (C=O) groups excluding carboxylic acids is 3. The number of halogens is 5. The van der Waals surface area contributed by atoms with E-state index >= 15 is 0 Å². The molecule has 0 aliphatic carbocycles. The molecule has 0 spiro atoms. The minimum Gasteiger partial charge on any atom is -0.473 e. The molecular formula is C29H29F5N6O5. The van der Waals surface area contributed by atoms with Crippen LogP contribution in [0.3, 0.4) is 0 Å². The Morgan fingerprint density at radius 1 is 0.978 bits per heavy atom. The second-order valence-corrected chi connectivity index (χ2v) is 10.2. The molecule has 3 amide bonds. The van der Waals surface area contributed by atoms with Gasteiger partial charge in [-0.05, 0) is 38.0 Å². The Morgan fingerprint density at radius 2 is 1.62 bits per heavy atom. The van der Waals surface area contributed by atoms with Gasteiger partial charge in [-0.25, -0.2) is 28.5 Å². The van der Waals surface area contributed by atoms with Crippen molar-refractivity contribution in [2.45, 2.75) is 51.8 Å². The average Bonchev–Trinajstić information content (AvgIpc) is 2.96. The molecule has 4 rings (SSSR count). The number of rotatable bonds is 8. The van der Waals surface area contributed by atoms with Crippen LogP contribution in [0.1, 0.15) is 61.4 Å². The number of urea groups is 1. The first kappa shape index (κ1) is 33.0. The number of ether oxygens (including phenoxy) is 2. The first-order valence-corrected chi connectivity index (χ1v) is 13.7. The van der Waals surface area contributed by atoms with Gasteiger partial charge in [0.1, 0.15) is 29.6 Å². The van der Waals surface area contributed by atoms with Crippen LogP contribution in [-0.4, -0.2) is 57.5 Å². The molecule has 1 aliphatic rings.